The lowest BCUT2D eigenvalue weighted by Gasteiger charge is -2.25. The Morgan fingerprint density at radius 1 is 1.15 bits per heavy atom. The van der Waals surface area contributed by atoms with Crippen molar-refractivity contribution >= 4 is 5.82 Å². The standard InChI is InChI=1S/C16H30N4/c1-16(2,3)18-13-14-9-7-10-17-15(14)20(6)12-8-11-19(4)5/h7,9-10,18H,8,11-13H2,1-6H3. The van der Waals surface area contributed by atoms with Crippen LogP contribution < -0.4 is 10.2 Å². The molecule has 0 amide bonds. The Labute approximate surface area is 124 Å². The van der Waals surface area contributed by atoms with Gasteiger partial charge in [-0.3, -0.25) is 0 Å². The molecule has 4 nitrogen and oxygen atoms in total. The highest BCUT2D eigenvalue weighted by molar-refractivity contribution is 5.45. The molecule has 0 bridgehead atoms. The van der Waals surface area contributed by atoms with Gasteiger partial charge in [0.15, 0.2) is 0 Å². The Kier molecular flexibility index (Phi) is 6.43. The van der Waals surface area contributed by atoms with E-state index in [-0.39, 0.29) is 5.54 Å². The van der Waals surface area contributed by atoms with Gasteiger partial charge >= 0.3 is 0 Å². The van der Waals surface area contributed by atoms with E-state index < -0.39 is 0 Å². The summed E-state index contributed by atoms with van der Waals surface area (Å²) < 4.78 is 0. The maximum Gasteiger partial charge on any atom is 0.132 e. The Balaban J connectivity index is 2.64. The summed E-state index contributed by atoms with van der Waals surface area (Å²) in [6.07, 6.45) is 3.02. The molecule has 4 heteroatoms. The molecule has 1 rings (SSSR count). The van der Waals surface area contributed by atoms with E-state index in [0.29, 0.717) is 0 Å². The fourth-order valence-corrected chi connectivity index (χ4v) is 2.00. The summed E-state index contributed by atoms with van der Waals surface area (Å²) in [4.78, 5) is 9.02. The fourth-order valence-electron chi connectivity index (χ4n) is 2.00. The monoisotopic (exact) mass is 278 g/mol. The van der Waals surface area contributed by atoms with Gasteiger partial charge in [0.1, 0.15) is 5.82 Å². The van der Waals surface area contributed by atoms with Gasteiger partial charge in [-0.1, -0.05) is 6.07 Å². The van der Waals surface area contributed by atoms with Gasteiger partial charge in [-0.15, -0.1) is 0 Å². The molecule has 0 spiro atoms. The van der Waals surface area contributed by atoms with Crippen LogP contribution in [0.4, 0.5) is 5.82 Å². The second kappa shape index (κ2) is 7.60. The second-order valence-corrected chi connectivity index (χ2v) is 6.67. The molecule has 1 aromatic rings. The molecule has 1 heterocycles. The van der Waals surface area contributed by atoms with E-state index in [1.165, 1.54) is 5.56 Å². The molecule has 0 aliphatic rings. The zero-order valence-corrected chi connectivity index (χ0v) is 13.9. The van der Waals surface area contributed by atoms with E-state index in [4.69, 9.17) is 0 Å². The van der Waals surface area contributed by atoms with Gasteiger partial charge in [0.05, 0.1) is 0 Å². The average Bonchev–Trinajstić information content (AvgIpc) is 2.35. The molecule has 114 valence electrons. The first-order valence-electron chi connectivity index (χ1n) is 7.34. The van der Waals surface area contributed by atoms with E-state index in [9.17, 15) is 0 Å². The van der Waals surface area contributed by atoms with E-state index in [0.717, 1.165) is 31.9 Å². The van der Waals surface area contributed by atoms with Gasteiger partial charge < -0.3 is 15.1 Å². The smallest absolute Gasteiger partial charge is 0.132 e. The van der Waals surface area contributed by atoms with Gasteiger partial charge in [-0.05, 0) is 53.9 Å². The van der Waals surface area contributed by atoms with Crippen LogP contribution in [0.1, 0.15) is 32.8 Å². The van der Waals surface area contributed by atoms with Gasteiger partial charge in [-0.2, -0.15) is 0 Å². The van der Waals surface area contributed by atoms with Gasteiger partial charge in [0.25, 0.3) is 0 Å². The maximum absolute atomic E-state index is 4.55. The quantitative estimate of drug-likeness (QED) is 0.829. The van der Waals surface area contributed by atoms with Crippen LogP contribution >= 0.6 is 0 Å². The summed E-state index contributed by atoms with van der Waals surface area (Å²) in [5.41, 5.74) is 1.38. The van der Waals surface area contributed by atoms with Crippen molar-refractivity contribution in [2.24, 2.45) is 0 Å². The van der Waals surface area contributed by atoms with Crippen molar-refractivity contribution in [2.75, 3.05) is 39.1 Å². The summed E-state index contributed by atoms with van der Waals surface area (Å²) in [5.74, 6) is 1.09. The molecule has 0 saturated carbocycles. The third-order valence-corrected chi connectivity index (χ3v) is 3.14. The Hall–Kier alpha value is -1.13. The molecule has 0 unspecified atom stereocenters. The van der Waals surface area contributed by atoms with Gasteiger partial charge in [0, 0.05) is 37.4 Å². The van der Waals surface area contributed by atoms with Crippen molar-refractivity contribution in [1.82, 2.24) is 15.2 Å². The first-order valence-corrected chi connectivity index (χ1v) is 7.34. The summed E-state index contributed by atoms with van der Waals surface area (Å²) in [7, 11) is 6.34. The lowest BCUT2D eigenvalue weighted by molar-refractivity contribution is 0.401. The molecule has 0 atom stereocenters. The number of rotatable bonds is 7. The van der Waals surface area contributed by atoms with Gasteiger partial charge in [0.2, 0.25) is 0 Å². The summed E-state index contributed by atoms with van der Waals surface area (Å²) in [6, 6.07) is 4.17. The normalized spacial score (nSPS) is 11.9. The van der Waals surface area contributed by atoms with Crippen molar-refractivity contribution in [3.8, 4) is 0 Å². The molecule has 0 fully saturated rings. The molecule has 0 aromatic carbocycles. The lowest BCUT2D eigenvalue weighted by Crippen LogP contribution is -2.35. The predicted molar refractivity (Wildman–Crippen MR) is 87.3 cm³/mol. The topological polar surface area (TPSA) is 31.4 Å². The Morgan fingerprint density at radius 2 is 1.85 bits per heavy atom. The highest BCUT2D eigenvalue weighted by atomic mass is 15.2. The summed E-state index contributed by atoms with van der Waals surface area (Å²) in [6.45, 7) is 9.53. The molecule has 1 aromatic heterocycles. The van der Waals surface area contributed by atoms with Gasteiger partial charge in [-0.25, -0.2) is 4.98 Å². The largest absolute Gasteiger partial charge is 0.359 e. The van der Waals surface area contributed by atoms with Crippen molar-refractivity contribution < 1.29 is 0 Å². The summed E-state index contributed by atoms with van der Waals surface area (Å²) >= 11 is 0. The minimum absolute atomic E-state index is 0.122. The number of pyridine rings is 1. The molecule has 0 aliphatic heterocycles. The number of anilines is 1. The molecule has 20 heavy (non-hydrogen) atoms. The third kappa shape index (κ3) is 6.35. The van der Waals surface area contributed by atoms with Crippen LogP contribution in [0.2, 0.25) is 0 Å². The van der Waals surface area contributed by atoms with E-state index in [1.54, 1.807) is 0 Å². The van der Waals surface area contributed by atoms with Crippen molar-refractivity contribution in [2.45, 2.75) is 39.3 Å². The lowest BCUT2D eigenvalue weighted by atomic mass is 10.1. The Morgan fingerprint density at radius 3 is 2.45 bits per heavy atom. The zero-order valence-electron chi connectivity index (χ0n) is 13.9. The van der Waals surface area contributed by atoms with Crippen molar-refractivity contribution in [3.63, 3.8) is 0 Å². The zero-order chi connectivity index (χ0) is 15.2. The number of nitrogens with one attached hydrogen (secondary N) is 1. The van der Waals surface area contributed by atoms with E-state index in [2.05, 4.69) is 68.1 Å². The van der Waals surface area contributed by atoms with Crippen LogP contribution in [0.3, 0.4) is 0 Å². The minimum atomic E-state index is 0.122. The van der Waals surface area contributed by atoms with Crippen molar-refractivity contribution in [1.29, 1.82) is 0 Å². The molecule has 0 radical (unpaired) electrons. The van der Waals surface area contributed by atoms with E-state index >= 15 is 0 Å². The predicted octanol–water partition coefficient (Wildman–Crippen LogP) is 2.36. The van der Waals surface area contributed by atoms with Crippen LogP contribution in [-0.4, -0.2) is 49.7 Å². The molecule has 0 saturated heterocycles. The van der Waals surface area contributed by atoms with E-state index in [1.807, 2.05) is 12.3 Å². The highest BCUT2D eigenvalue weighted by Gasteiger charge is 2.12. The van der Waals surface area contributed by atoms with Crippen LogP contribution in [0.25, 0.3) is 0 Å². The number of aromatic nitrogens is 1. The number of nitrogens with zero attached hydrogens (tertiary/aromatic N) is 3. The Bertz CT molecular complexity index is 396. The first kappa shape index (κ1) is 16.9. The number of hydrogen-bond donors (Lipinski definition) is 1. The number of hydrogen-bond acceptors (Lipinski definition) is 4. The maximum atomic E-state index is 4.55. The molecule has 1 N–H and O–H groups in total. The van der Waals surface area contributed by atoms with Crippen molar-refractivity contribution in [3.05, 3.63) is 23.9 Å². The molecule has 0 aliphatic carbocycles. The molecular weight excluding hydrogens is 248 g/mol. The van der Waals surface area contributed by atoms with Crippen LogP contribution in [0.15, 0.2) is 18.3 Å². The fraction of sp³-hybridized carbons (Fsp3) is 0.688. The molecular formula is C16H30N4. The SMILES string of the molecule is CN(C)CCCN(C)c1ncccc1CNC(C)(C)C. The minimum Gasteiger partial charge on any atom is -0.359 e. The van der Waals surface area contributed by atoms with Crippen LogP contribution in [-0.2, 0) is 6.54 Å². The highest BCUT2D eigenvalue weighted by Crippen LogP contribution is 2.17. The second-order valence-electron chi connectivity index (χ2n) is 6.67. The van der Waals surface area contributed by atoms with Crippen LogP contribution in [0.5, 0.6) is 0 Å². The third-order valence-electron chi connectivity index (χ3n) is 3.14. The summed E-state index contributed by atoms with van der Waals surface area (Å²) in [5, 5.41) is 3.53. The first-order chi connectivity index (χ1) is 9.29. The average molecular weight is 278 g/mol. The van der Waals surface area contributed by atoms with Crippen LogP contribution in [0, 0.1) is 0 Å².